The molecular formula is C8H12O2. The van der Waals surface area contributed by atoms with Crippen molar-refractivity contribution in [3.05, 3.63) is 12.2 Å². The molecule has 0 heterocycles. The predicted octanol–water partition coefficient (Wildman–Crippen LogP) is 1.36. The minimum absolute atomic E-state index is 0.0228. The number of hydrogen-bond acceptors (Lipinski definition) is 2. The van der Waals surface area contributed by atoms with Crippen LogP contribution in [0.15, 0.2) is 12.2 Å². The molecule has 0 aliphatic carbocycles. The largest absolute Gasteiger partial charge is 0.299 e. The van der Waals surface area contributed by atoms with Crippen LogP contribution >= 0.6 is 0 Å². The number of hydrogen-bond donors (Lipinski definition) is 0. The second-order valence-electron chi connectivity index (χ2n) is 2.21. The highest BCUT2D eigenvalue weighted by Crippen LogP contribution is 2.01. The lowest BCUT2D eigenvalue weighted by Crippen LogP contribution is -2.05. The first-order valence-electron chi connectivity index (χ1n) is 3.38. The van der Waals surface area contributed by atoms with Crippen molar-refractivity contribution in [1.29, 1.82) is 0 Å². The van der Waals surface area contributed by atoms with Crippen molar-refractivity contribution >= 4 is 12.1 Å². The SMILES string of the molecule is CCC(C)C(=O)/C=C/C=O. The van der Waals surface area contributed by atoms with Crippen LogP contribution < -0.4 is 0 Å². The summed E-state index contributed by atoms with van der Waals surface area (Å²) in [5, 5.41) is 0. The molecule has 0 rings (SSSR count). The van der Waals surface area contributed by atoms with E-state index >= 15 is 0 Å². The van der Waals surface area contributed by atoms with Crippen LogP contribution in [0, 0.1) is 5.92 Å². The molecule has 0 bridgehead atoms. The molecule has 1 atom stereocenters. The Morgan fingerprint density at radius 2 is 2.20 bits per heavy atom. The average Bonchev–Trinajstić information content (AvgIpc) is 1.98. The van der Waals surface area contributed by atoms with Crippen LogP contribution in [0.5, 0.6) is 0 Å². The highest BCUT2D eigenvalue weighted by molar-refractivity contribution is 5.94. The van der Waals surface area contributed by atoms with Gasteiger partial charge in [-0.2, -0.15) is 0 Å². The fraction of sp³-hybridized carbons (Fsp3) is 0.500. The summed E-state index contributed by atoms with van der Waals surface area (Å²) in [6, 6.07) is 0. The van der Waals surface area contributed by atoms with Crippen molar-refractivity contribution in [3.8, 4) is 0 Å². The highest BCUT2D eigenvalue weighted by Gasteiger charge is 2.04. The van der Waals surface area contributed by atoms with E-state index in [2.05, 4.69) is 0 Å². The second kappa shape index (κ2) is 4.91. The maximum Gasteiger partial charge on any atom is 0.158 e. The van der Waals surface area contributed by atoms with Crippen molar-refractivity contribution in [2.45, 2.75) is 20.3 Å². The minimum atomic E-state index is 0.0228. The Morgan fingerprint density at radius 1 is 1.60 bits per heavy atom. The van der Waals surface area contributed by atoms with E-state index in [9.17, 15) is 9.59 Å². The molecule has 0 aromatic heterocycles. The monoisotopic (exact) mass is 140 g/mol. The molecule has 2 nitrogen and oxygen atoms in total. The number of carbonyl (C=O) groups is 2. The number of rotatable bonds is 4. The first-order chi connectivity index (χ1) is 4.72. The summed E-state index contributed by atoms with van der Waals surface area (Å²) in [6.45, 7) is 3.79. The van der Waals surface area contributed by atoms with E-state index < -0.39 is 0 Å². The summed E-state index contributed by atoms with van der Waals surface area (Å²) in [7, 11) is 0. The summed E-state index contributed by atoms with van der Waals surface area (Å²) in [5.74, 6) is 0.0609. The molecule has 0 saturated carbocycles. The van der Waals surface area contributed by atoms with Crippen LogP contribution in [0.1, 0.15) is 20.3 Å². The van der Waals surface area contributed by atoms with E-state index in [1.165, 1.54) is 12.2 Å². The standard InChI is InChI=1S/C8H12O2/c1-3-7(2)8(10)5-4-6-9/h4-7H,3H2,1-2H3/b5-4+. The third-order valence-electron chi connectivity index (χ3n) is 1.44. The Balaban J connectivity index is 3.83. The maximum absolute atomic E-state index is 10.9. The van der Waals surface area contributed by atoms with Crippen LogP contribution in [0.2, 0.25) is 0 Å². The molecule has 2 heteroatoms. The summed E-state index contributed by atoms with van der Waals surface area (Å²) >= 11 is 0. The average molecular weight is 140 g/mol. The molecule has 1 unspecified atom stereocenters. The van der Waals surface area contributed by atoms with E-state index in [-0.39, 0.29) is 11.7 Å². The number of carbonyl (C=O) groups excluding carboxylic acids is 2. The van der Waals surface area contributed by atoms with Gasteiger partial charge >= 0.3 is 0 Å². The van der Waals surface area contributed by atoms with Gasteiger partial charge in [-0.05, 0) is 18.6 Å². The van der Waals surface area contributed by atoms with E-state index in [0.717, 1.165) is 6.42 Å². The van der Waals surface area contributed by atoms with Crippen molar-refractivity contribution in [2.24, 2.45) is 5.92 Å². The zero-order chi connectivity index (χ0) is 7.98. The molecule has 56 valence electrons. The first kappa shape index (κ1) is 9.08. The smallest absolute Gasteiger partial charge is 0.158 e. The van der Waals surface area contributed by atoms with Gasteiger partial charge in [-0.3, -0.25) is 9.59 Å². The van der Waals surface area contributed by atoms with Crippen LogP contribution in [0.4, 0.5) is 0 Å². The third-order valence-corrected chi connectivity index (χ3v) is 1.44. The van der Waals surface area contributed by atoms with Crippen molar-refractivity contribution in [2.75, 3.05) is 0 Å². The fourth-order valence-corrected chi connectivity index (χ4v) is 0.500. The quantitative estimate of drug-likeness (QED) is 0.436. The van der Waals surface area contributed by atoms with Gasteiger partial charge in [0.1, 0.15) is 6.29 Å². The lowest BCUT2D eigenvalue weighted by molar-refractivity contribution is -0.118. The highest BCUT2D eigenvalue weighted by atomic mass is 16.1. The van der Waals surface area contributed by atoms with Gasteiger partial charge in [-0.15, -0.1) is 0 Å². The van der Waals surface area contributed by atoms with Gasteiger partial charge in [-0.25, -0.2) is 0 Å². The van der Waals surface area contributed by atoms with Gasteiger partial charge in [0.15, 0.2) is 5.78 Å². The van der Waals surface area contributed by atoms with Crippen molar-refractivity contribution < 1.29 is 9.59 Å². The molecule has 0 N–H and O–H groups in total. The Kier molecular flexibility index (Phi) is 4.46. The predicted molar refractivity (Wildman–Crippen MR) is 39.7 cm³/mol. The zero-order valence-corrected chi connectivity index (χ0v) is 6.33. The molecule has 0 aliphatic rings. The van der Waals surface area contributed by atoms with Gasteiger partial charge in [0, 0.05) is 5.92 Å². The Morgan fingerprint density at radius 3 is 2.60 bits per heavy atom. The number of allylic oxidation sites excluding steroid dienone is 2. The van der Waals surface area contributed by atoms with Gasteiger partial charge in [0.25, 0.3) is 0 Å². The Bertz CT molecular complexity index is 147. The van der Waals surface area contributed by atoms with Crippen LogP contribution in [0.25, 0.3) is 0 Å². The van der Waals surface area contributed by atoms with Crippen molar-refractivity contribution in [3.63, 3.8) is 0 Å². The lowest BCUT2D eigenvalue weighted by atomic mass is 10.0. The normalized spacial score (nSPS) is 13.4. The summed E-state index contributed by atoms with van der Waals surface area (Å²) in [6.07, 6.45) is 3.98. The van der Waals surface area contributed by atoms with Crippen LogP contribution in [-0.2, 0) is 9.59 Å². The number of ketones is 1. The molecule has 0 aromatic rings. The van der Waals surface area contributed by atoms with E-state index in [1.54, 1.807) is 0 Å². The molecule has 0 aliphatic heterocycles. The fourth-order valence-electron chi connectivity index (χ4n) is 0.500. The molecule has 0 spiro atoms. The lowest BCUT2D eigenvalue weighted by Gasteiger charge is -2.00. The third kappa shape index (κ3) is 3.17. The molecule has 0 amide bonds. The Hall–Kier alpha value is -0.920. The van der Waals surface area contributed by atoms with E-state index in [0.29, 0.717) is 6.29 Å². The van der Waals surface area contributed by atoms with Gasteiger partial charge in [0.05, 0.1) is 0 Å². The van der Waals surface area contributed by atoms with Crippen LogP contribution in [0.3, 0.4) is 0 Å². The van der Waals surface area contributed by atoms with Gasteiger partial charge in [-0.1, -0.05) is 13.8 Å². The molecule has 0 radical (unpaired) electrons. The van der Waals surface area contributed by atoms with E-state index in [1.807, 2.05) is 13.8 Å². The van der Waals surface area contributed by atoms with Gasteiger partial charge < -0.3 is 0 Å². The molecule has 10 heavy (non-hydrogen) atoms. The topological polar surface area (TPSA) is 34.1 Å². The summed E-state index contributed by atoms with van der Waals surface area (Å²) < 4.78 is 0. The second-order valence-corrected chi connectivity index (χ2v) is 2.21. The molecule has 0 aromatic carbocycles. The molecule has 0 saturated heterocycles. The van der Waals surface area contributed by atoms with Crippen molar-refractivity contribution in [1.82, 2.24) is 0 Å². The number of aldehydes is 1. The van der Waals surface area contributed by atoms with E-state index in [4.69, 9.17) is 0 Å². The molecular weight excluding hydrogens is 128 g/mol. The first-order valence-corrected chi connectivity index (χ1v) is 3.38. The Labute approximate surface area is 60.9 Å². The van der Waals surface area contributed by atoms with Crippen LogP contribution in [-0.4, -0.2) is 12.1 Å². The summed E-state index contributed by atoms with van der Waals surface area (Å²) in [5.41, 5.74) is 0. The zero-order valence-electron chi connectivity index (χ0n) is 6.33. The molecule has 0 fully saturated rings. The minimum Gasteiger partial charge on any atom is -0.299 e. The maximum atomic E-state index is 10.9. The summed E-state index contributed by atoms with van der Waals surface area (Å²) in [4.78, 5) is 20.7. The van der Waals surface area contributed by atoms with Gasteiger partial charge in [0.2, 0.25) is 0 Å².